The van der Waals surface area contributed by atoms with Crippen LogP contribution in [0.5, 0.6) is 0 Å². The quantitative estimate of drug-likeness (QED) is 0.454. The first-order chi connectivity index (χ1) is 14.1. The number of allylic oxidation sites excluding steroid dienone is 1. The van der Waals surface area contributed by atoms with E-state index in [1.807, 2.05) is 0 Å². The van der Waals surface area contributed by atoms with Gasteiger partial charge in [-0.2, -0.15) is 0 Å². The van der Waals surface area contributed by atoms with Crippen LogP contribution in [0, 0.1) is 58.2 Å². The van der Waals surface area contributed by atoms with Crippen molar-refractivity contribution in [3.8, 4) is 0 Å². The molecule has 3 fully saturated rings. The zero-order chi connectivity index (χ0) is 21.8. The van der Waals surface area contributed by atoms with E-state index in [1.165, 1.54) is 44.9 Å². The molecular formula is C29H50O. The second-order valence-electron chi connectivity index (χ2n) is 13.2. The first-order valence-electron chi connectivity index (χ1n) is 13.5. The Morgan fingerprint density at radius 1 is 0.967 bits per heavy atom. The van der Waals surface area contributed by atoms with Crippen molar-refractivity contribution in [3.63, 3.8) is 0 Å². The second kappa shape index (κ2) is 8.24. The summed E-state index contributed by atoms with van der Waals surface area (Å²) in [4.78, 5) is 0. The highest BCUT2D eigenvalue weighted by Gasteiger charge is 2.59. The Morgan fingerprint density at radius 3 is 2.40 bits per heavy atom. The average Bonchev–Trinajstić information content (AvgIpc) is 3.05. The zero-order valence-electron chi connectivity index (χ0n) is 21.1. The van der Waals surface area contributed by atoms with E-state index < -0.39 is 0 Å². The van der Waals surface area contributed by atoms with Crippen LogP contribution in [0.4, 0.5) is 0 Å². The van der Waals surface area contributed by atoms with Crippen molar-refractivity contribution in [1.29, 1.82) is 0 Å². The van der Waals surface area contributed by atoms with Crippen LogP contribution in [0.1, 0.15) is 106 Å². The van der Waals surface area contributed by atoms with Gasteiger partial charge in [0.1, 0.15) is 0 Å². The molecule has 0 heterocycles. The fourth-order valence-electron chi connectivity index (χ4n) is 9.24. The van der Waals surface area contributed by atoms with E-state index in [0.717, 1.165) is 60.2 Å². The molecule has 4 unspecified atom stereocenters. The second-order valence-corrected chi connectivity index (χ2v) is 13.2. The molecule has 0 aromatic heterocycles. The first kappa shape index (κ1) is 22.9. The van der Waals surface area contributed by atoms with Crippen LogP contribution in [-0.2, 0) is 0 Å². The van der Waals surface area contributed by atoms with E-state index in [9.17, 15) is 5.11 Å². The minimum atomic E-state index is -0.0818. The summed E-state index contributed by atoms with van der Waals surface area (Å²) in [5.74, 6) is 6.97. The number of hydrogen-bond donors (Lipinski definition) is 1. The molecular weight excluding hydrogens is 364 g/mol. The van der Waals surface area contributed by atoms with Gasteiger partial charge in [0.15, 0.2) is 0 Å². The van der Waals surface area contributed by atoms with Crippen LogP contribution in [0.3, 0.4) is 0 Å². The summed E-state index contributed by atoms with van der Waals surface area (Å²) in [7, 11) is 0. The lowest BCUT2D eigenvalue weighted by Gasteiger charge is -2.58. The highest BCUT2D eigenvalue weighted by molar-refractivity contribution is 5.25. The lowest BCUT2D eigenvalue weighted by atomic mass is 9.47. The molecule has 0 spiro atoms. The summed E-state index contributed by atoms with van der Waals surface area (Å²) in [6, 6.07) is 0. The molecule has 3 saturated carbocycles. The maximum atomic E-state index is 10.2. The molecule has 0 aromatic rings. The minimum absolute atomic E-state index is 0.0818. The van der Waals surface area contributed by atoms with Gasteiger partial charge in [-0.15, -0.1) is 0 Å². The van der Waals surface area contributed by atoms with Crippen LogP contribution in [0.25, 0.3) is 0 Å². The molecule has 4 aliphatic rings. The Morgan fingerprint density at radius 2 is 1.70 bits per heavy atom. The monoisotopic (exact) mass is 414 g/mol. The topological polar surface area (TPSA) is 20.2 Å². The van der Waals surface area contributed by atoms with Gasteiger partial charge in [0, 0.05) is 0 Å². The summed E-state index contributed by atoms with van der Waals surface area (Å²) in [5, 5.41) is 10.2. The van der Waals surface area contributed by atoms with Gasteiger partial charge in [0.2, 0.25) is 0 Å². The molecule has 10 atom stereocenters. The maximum absolute atomic E-state index is 10.2. The largest absolute Gasteiger partial charge is 0.393 e. The third kappa shape index (κ3) is 3.64. The molecule has 0 bridgehead atoms. The number of fused-ring (bicyclic) bond motifs is 5. The van der Waals surface area contributed by atoms with Gasteiger partial charge in [0.05, 0.1) is 6.10 Å². The van der Waals surface area contributed by atoms with E-state index in [0.29, 0.717) is 10.8 Å². The predicted octanol–water partition coefficient (Wildman–Crippen LogP) is 7.88. The summed E-state index contributed by atoms with van der Waals surface area (Å²) in [6.07, 6.45) is 14.2. The van der Waals surface area contributed by atoms with Gasteiger partial charge in [-0.25, -0.2) is 0 Å². The minimum Gasteiger partial charge on any atom is -0.393 e. The normalized spacial score (nSPS) is 46.4. The highest BCUT2D eigenvalue weighted by Crippen LogP contribution is 2.67. The van der Waals surface area contributed by atoms with Crippen LogP contribution in [-0.4, -0.2) is 11.2 Å². The van der Waals surface area contributed by atoms with Gasteiger partial charge < -0.3 is 5.11 Å². The summed E-state index contributed by atoms with van der Waals surface area (Å²) in [5.41, 5.74) is 2.57. The van der Waals surface area contributed by atoms with Crippen molar-refractivity contribution in [1.82, 2.24) is 0 Å². The van der Waals surface area contributed by atoms with Crippen molar-refractivity contribution >= 4 is 0 Å². The number of hydrogen-bond acceptors (Lipinski definition) is 1. The molecule has 0 amide bonds. The Hall–Kier alpha value is -0.300. The lowest BCUT2D eigenvalue weighted by Crippen LogP contribution is -2.50. The van der Waals surface area contributed by atoms with Crippen molar-refractivity contribution in [3.05, 3.63) is 11.6 Å². The zero-order valence-corrected chi connectivity index (χ0v) is 21.1. The van der Waals surface area contributed by atoms with E-state index in [-0.39, 0.29) is 6.10 Å². The van der Waals surface area contributed by atoms with Crippen LogP contribution < -0.4 is 0 Å². The van der Waals surface area contributed by atoms with Crippen LogP contribution >= 0.6 is 0 Å². The maximum Gasteiger partial charge on any atom is 0.0577 e. The van der Waals surface area contributed by atoms with Gasteiger partial charge in [-0.1, -0.05) is 60.1 Å². The third-order valence-corrected chi connectivity index (χ3v) is 11.5. The SMILES string of the molecule is CC(C)[C@@H](C)[C@@H](C)C[C@@H](C)C1CCC2C3CC=C4C[C@@H](O)CC[C@]4(C)C3CC[C@@]21C. The molecule has 0 aliphatic heterocycles. The van der Waals surface area contributed by atoms with E-state index >= 15 is 0 Å². The fourth-order valence-corrected chi connectivity index (χ4v) is 9.24. The summed E-state index contributed by atoms with van der Waals surface area (Å²) >= 11 is 0. The Balaban J connectivity index is 1.50. The fraction of sp³-hybridized carbons (Fsp3) is 0.931. The Kier molecular flexibility index (Phi) is 6.28. The molecule has 4 aliphatic carbocycles. The van der Waals surface area contributed by atoms with E-state index in [1.54, 1.807) is 5.57 Å². The molecule has 0 saturated heterocycles. The van der Waals surface area contributed by atoms with Gasteiger partial charge >= 0.3 is 0 Å². The van der Waals surface area contributed by atoms with E-state index in [4.69, 9.17) is 0 Å². The van der Waals surface area contributed by atoms with Crippen LogP contribution in [0.2, 0.25) is 0 Å². The summed E-state index contributed by atoms with van der Waals surface area (Å²) in [6.45, 7) is 17.6. The Labute approximate surface area is 187 Å². The van der Waals surface area contributed by atoms with E-state index in [2.05, 4.69) is 54.5 Å². The standard InChI is InChI=1S/C29H50O/c1-18(2)21(5)19(3)16-20(4)25-10-11-26-24-9-8-22-17-23(30)12-14-28(22,6)27(24)13-15-29(25,26)7/h8,18-21,23-27,30H,9-17H2,1-7H3/t19-,20+,21+,23-,24?,25?,26?,27?,28-,29+/m0/s1. The van der Waals surface area contributed by atoms with Gasteiger partial charge in [0.25, 0.3) is 0 Å². The first-order valence-corrected chi connectivity index (χ1v) is 13.5. The van der Waals surface area contributed by atoms with Crippen molar-refractivity contribution in [2.24, 2.45) is 58.2 Å². The molecule has 1 nitrogen and oxygen atoms in total. The molecule has 172 valence electrons. The summed E-state index contributed by atoms with van der Waals surface area (Å²) < 4.78 is 0. The number of rotatable bonds is 5. The smallest absolute Gasteiger partial charge is 0.0577 e. The predicted molar refractivity (Wildman–Crippen MR) is 128 cm³/mol. The Bertz CT molecular complexity index is 649. The lowest BCUT2D eigenvalue weighted by molar-refractivity contribution is -0.0584. The van der Waals surface area contributed by atoms with Crippen molar-refractivity contribution in [2.45, 2.75) is 112 Å². The molecule has 0 aromatic carbocycles. The molecule has 4 rings (SSSR count). The van der Waals surface area contributed by atoms with Crippen molar-refractivity contribution < 1.29 is 5.11 Å². The number of aliphatic hydroxyl groups excluding tert-OH is 1. The average molecular weight is 415 g/mol. The third-order valence-electron chi connectivity index (χ3n) is 11.5. The molecule has 1 N–H and O–H groups in total. The van der Waals surface area contributed by atoms with Crippen LogP contribution in [0.15, 0.2) is 11.6 Å². The number of aliphatic hydroxyl groups is 1. The molecule has 1 heteroatoms. The van der Waals surface area contributed by atoms with Gasteiger partial charge in [-0.05, 0) is 116 Å². The van der Waals surface area contributed by atoms with Gasteiger partial charge in [-0.3, -0.25) is 0 Å². The molecule has 0 radical (unpaired) electrons. The molecule has 30 heavy (non-hydrogen) atoms. The highest BCUT2D eigenvalue weighted by atomic mass is 16.3. The van der Waals surface area contributed by atoms with Crippen molar-refractivity contribution in [2.75, 3.05) is 0 Å².